The lowest BCUT2D eigenvalue weighted by Crippen LogP contribution is -2.00. The summed E-state index contributed by atoms with van der Waals surface area (Å²) < 4.78 is 16.9. The van der Waals surface area contributed by atoms with Crippen LogP contribution in [0.25, 0.3) is 6.08 Å². The van der Waals surface area contributed by atoms with Gasteiger partial charge in [-0.15, -0.1) is 0 Å². The fourth-order valence-electron chi connectivity index (χ4n) is 3.42. The third-order valence-corrected chi connectivity index (χ3v) is 6.21. The molecule has 33 heavy (non-hydrogen) atoms. The Hall–Kier alpha value is -2.57. The Labute approximate surface area is 210 Å². The van der Waals surface area contributed by atoms with Gasteiger partial charge >= 0.3 is 5.97 Å². The largest absolute Gasteiger partial charge is 0.486 e. The highest BCUT2D eigenvalue weighted by molar-refractivity contribution is 6.37. The van der Waals surface area contributed by atoms with E-state index in [1.54, 1.807) is 42.5 Å². The molecule has 0 unspecified atom stereocenters. The molecule has 0 bridgehead atoms. The maximum Gasteiger partial charge on any atom is 0.328 e. The summed E-state index contributed by atoms with van der Waals surface area (Å²) in [4.78, 5) is 11.0. The average molecular weight is 526 g/mol. The lowest BCUT2D eigenvalue weighted by Gasteiger charge is -2.15. The van der Waals surface area contributed by atoms with Gasteiger partial charge < -0.3 is 19.3 Å². The first-order valence-corrected chi connectivity index (χ1v) is 11.2. The van der Waals surface area contributed by atoms with Crippen LogP contribution in [0, 0.1) is 0 Å². The van der Waals surface area contributed by atoms with Crippen molar-refractivity contribution in [3.8, 4) is 17.2 Å². The van der Waals surface area contributed by atoms with Crippen LogP contribution in [0.3, 0.4) is 0 Å². The first-order valence-electron chi connectivity index (χ1n) is 9.69. The molecule has 3 aromatic rings. The third-order valence-electron chi connectivity index (χ3n) is 4.95. The van der Waals surface area contributed by atoms with Gasteiger partial charge in [-0.3, -0.25) is 0 Å². The molecule has 0 radical (unpaired) electrons. The summed E-state index contributed by atoms with van der Waals surface area (Å²) in [6, 6.07) is 12.2. The topological polar surface area (TPSA) is 65.0 Å². The lowest BCUT2D eigenvalue weighted by atomic mass is 9.97. The maximum absolute atomic E-state index is 11.0. The standard InChI is InChI=1S/C24H16Cl4O5/c25-17-2-1-3-18(26)16(17)11-31-24-19(27)9-13(10-20(24)28)8-15-14(5-7-22(29)30)4-6-21-23(15)33-12-32-21/h1-7,9-10H,8,11-12H2,(H,29,30)/b7-5+. The molecule has 9 heteroatoms. The van der Waals surface area contributed by atoms with Gasteiger partial charge in [-0.1, -0.05) is 58.5 Å². The lowest BCUT2D eigenvalue weighted by molar-refractivity contribution is -0.131. The summed E-state index contributed by atoms with van der Waals surface area (Å²) in [7, 11) is 0. The molecule has 5 nitrogen and oxygen atoms in total. The number of aliphatic carboxylic acids is 1. The van der Waals surface area contributed by atoms with Crippen molar-refractivity contribution in [2.75, 3.05) is 6.79 Å². The molecule has 1 heterocycles. The van der Waals surface area contributed by atoms with Crippen LogP contribution in [0.2, 0.25) is 20.1 Å². The molecule has 0 amide bonds. The van der Waals surface area contributed by atoms with Gasteiger partial charge in [-0.2, -0.15) is 0 Å². The molecule has 0 fully saturated rings. The van der Waals surface area contributed by atoms with Crippen molar-refractivity contribution in [2.24, 2.45) is 0 Å². The van der Waals surface area contributed by atoms with Crippen LogP contribution in [0.1, 0.15) is 22.3 Å². The second kappa shape index (κ2) is 10.1. The number of benzene rings is 3. The molecule has 170 valence electrons. The summed E-state index contributed by atoms with van der Waals surface area (Å²) in [6.45, 7) is 0.187. The van der Waals surface area contributed by atoms with Gasteiger partial charge in [0.2, 0.25) is 6.79 Å². The van der Waals surface area contributed by atoms with E-state index in [-0.39, 0.29) is 13.4 Å². The smallest absolute Gasteiger partial charge is 0.328 e. The summed E-state index contributed by atoms with van der Waals surface area (Å²) in [6.07, 6.45) is 2.95. The fraction of sp³-hybridized carbons (Fsp3) is 0.125. The number of ether oxygens (including phenoxy) is 3. The molecule has 1 aliphatic heterocycles. The molecular weight excluding hydrogens is 510 g/mol. The molecular formula is C24H16Cl4O5. The predicted molar refractivity (Wildman–Crippen MR) is 129 cm³/mol. The van der Waals surface area contributed by atoms with Crippen LogP contribution < -0.4 is 14.2 Å². The number of hydrogen-bond acceptors (Lipinski definition) is 4. The molecule has 0 saturated heterocycles. The van der Waals surface area contributed by atoms with Crippen LogP contribution in [-0.2, 0) is 17.8 Å². The first kappa shape index (κ1) is 23.6. The number of carboxylic acids is 1. The van der Waals surface area contributed by atoms with E-state index in [4.69, 9.17) is 65.7 Å². The van der Waals surface area contributed by atoms with Crippen molar-refractivity contribution in [3.63, 3.8) is 0 Å². The molecule has 3 aromatic carbocycles. The van der Waals surface area contributed by atoms with Gasteiger partial charge in [-0.25, -0.2) is 4.79 Å². The van der Waals surface area contributed by atoms with Crippen molar-refractivity contribution < 1.29 is 24.1 Å². The number of carboxylic acid groups (broad SMARTS) is 1. The quantitative estimate of drug-likeness (QED) is 0.328. The van der Waals surface area contributed by atoms with E-state index in [1.165, 1.54) is 6.08 Å². The van der Waals surface area contributed by atoms with Crippen LogP contribution in [0.15, 0.2) is 48.5 Å². The van der Waals surface area contributed by atoms with E-state index in [9.17, 15) is 4.79 Å². The van der Waals surface area contributed by atoms with E-state index in [0.29, 0.717) is 54.9 Å². The summed E-state index contributed by atoms with van der Waals surface area (Å²) in [5.41, 5.74) is 2.85. The van der Waals surface area contributed by atoms with Crippen LogP contribution in [-0.4, -0.2) is 17.9 Å². The van der Waals surface area contributed by atoms with Gasteiger partial charge in [0, 0.05) is 33.7 Å². The zero-order chi connectivity index (χ0) is 23.5. The van der Waals surface area contributed by atoms with Gasteiger partial charge in [0.15, 0.2) is 17.2 Å². The van der Waals surface area contributed by atoms with Crippen molar-refractivity contribution in [1.29, 1.82) is 0 Å². The number of fused-ring (bicyclic) bond motifs is 1. The number of hydrogen-bond donors (Lipinski definition) is 1. The van der Waals surface area contributed by atoms with Crippen molar-refractivity contribution in [3.05, 3.63) is 90.9 Å². The Bertz CT molecular complexity index is 1210. The van der Waals surface area contributed by atoms with Crippen molar-refractivity contribution in [1.82, 2.24) is 0 Å². The molecule has 1 aliphatic rings. The van der Waals surface area contributed by atoms with E-state index in [0.717, 1.165) is 17.2 Å². The summed E-state index contributed by atoms with van der Waals surface area (Å²) in [5.74, 6) is 0.404. The number of halogens is 4. The van der Waals surface area contributed by atoms with Crippen LogP contribution in [0.4, 0.5) is 0 Å². The van der Waals surface area contributed by atoms with Gasteiger partial charge in [0.1, 0.15) is 6.61 Å². The highest BCUT2D eigenvalue weighted by Gasteiger charge is 2.21. The third kappa shape index (κ3) is 5.33. The SMILES string of the molecule is O=C(O)/C=C/c1ccc2c(c1Cc1cc(Cl)c(OCc3c(Cl)cccc3Cl)c(Cl)c1)OCO2. The molecule has 0 aliphatic carbocycles. The molecule has 1 N–H and O–H groups in total. The second-order valence-electron chi connectivity index (χ2n) is 7.09. The van der Waals surface area contributed by atoms with E-state index < -0.39 is 5.97 Å². The Kier molecular flexibility index (Phi) is 7.25. The van der Waals surface area contributed by atoms with Gasteiger partial charge in [-0.05, 0) is 47.5 Å². The molecule has 0 atom stereocenters. The minimum atomic E-state index is -1.05. The second-order valence-corrected chi connectivity index (χ2v) is 8.72. The predicted octanol–water partition coefficient (Wildman–Crippen LogP) is 7.30. The monoisotopic (exact) mass is 524 g/mol. The summed E-state index contributed by atoms with van der Waals surface area (Å²) in [5, 5.41) is 10.6. The molecule has 0 spiro atoms. The zero-order valence-electron chi connectivity index (χ0n) is 16.9. The zero-order valence-corrected chi connectivity index (χ0v) is 19.9. The van der Waals surface area contributed by atoms with Crippen molar-refractivity contribution in [2.45, 2.75) is 13.0 Å². The minimum absolute atomic E-state index is 0.0906. The maximum atomic E-state index is 11.0. The Morgan fingerprint density at radius 1 is 0.970 bits per heavy atom. The highest BCUT2D eigenvalue weighted by atomic mass is 35.5. The Morgan fingerprint density at radius 3 is 2.33 bits per heavy atom. The van der Waals surface area contributed by atoms with Crippen LogP contribution >= 0.6 is 46.4 Å². The van der Waals surface area contributed by atoms with Crippen molar-refractivity contribution >= 4 is 58.4 Å². The number of rotatable bonds is 7. The molecule has 0 aromatic heterocycles. The average Bonchev–Trinajstić information content (AvgIpc) is 3.23. The fourth-order valence-corrected chi connectivity index (χ4v) is 4.56. The Morgan fingerprint density at radius 2 is 1.67 bits per heavy atom. The molecule has 0 saturated carbocycles. The van der Waals surface area contributed by atoms with E-state index in [1.807, 2.05) is 0 Å². The normalized spacial score (nSPS) is 12.4. The first-order chi connectivity index (χ1) is 15.8. The minimum Gasteiger partial charge on any atom is -0.486 e. The Balaban J connectivity index is 1.62. The van der Waals surface area contributed by atoms with E-state index in [2.05, 4.69) is 0 Å². The molecule has 4 rings (SSSR count). The summed E-state index contributed by atoms with van der Waals surface area (Å²) >= 11 is 25.4. The number of carbonyl (C=O) groups is 1. The van der Waals surface area contributed by atoms with Gasteiger partial charge in [0.25, 0.3) is 0 Å². The van der Waals surface area contributed by atoms with Gasteiger partial charge in [0.05, 0.1) is 10.0 Å². The highest BCUT2D eigenvalue weighted by Crippen LogP contribution is 2.41. The van der Waals surface area contributed by atoms with Crippen LogP contribution in [0.5, 0.6) is 17.2 Å². The van der Waals surface area contributed by atoms with E-state index >= 15 is 0 Å².